The zero-order valence-electron chi connectivity index (χ0n) is 15.0. The van der Waals surface area contributed by atoms with Gasteiger partial charge in [-0.15, -0.1) is 0 Å². The van der Waals surface area contributed by atoms with E-state index in [1.54, 1.807) is 13.2 Å². The second kappa shape index (κ2) is 6.93. The van der Waals surface area contributed by atoms with Crippen LogP contribution in [0, 0.1) is 13.8 Å². The van der Waals surface area contributed by atoms with Crippen molar-refractivity contribution in [2.24, 2.45) is 0 Å². The van der Waals surface area contributed by atoms with Crippen molar-refractivity contribution in [2.75, 3.05) is 12.4 Å². The predicted molar refractivity (Wildman–Crippen MR) is 98.2 cm³/mol. The first kappa shape index (κ1) is 17.0. The zero-order valence-corrected chi connectivity index (χ0v) is 15.0. The molecule has 3 rings (SSSR count). The molecule has 0 atom stereocenters. The van der Waals surface area contributed by atoms with Crippen molar-refractivity contribution in [3.05, 3.63) is 47.3 Å². The Hall–Kier alpha value is -2.89. The highest BCUT2D eigenvalue weighted by molar-refractivity contribution is 6.12. The van der Waals surface area contributed by atoms with Gasteiger partial charge >= 0.3 is 0 Å². The Balaban J connectivity index is 2.00. The van der Waals surface area contributed by atoms with Crippen LogP contribution in [0.2, 0.25) is 0 Å². The predicted octanol–water partition coefficient (Wildman–Crippen LogP) is 3.72. The summed E-state index contributed by atoms with van der Waals surface area (Å²) in [7, 11) is 1.61. The van der Waals surface area contributed by atoms with E-state index >= 15 is 0 Å². The average molecular weight is 338 g/mol. The van der Waals surface area contributed by atoms with Crippen molar-refractivity contribution in [3.63, 3.8) is 0 Å². The Bertz CT molecular complexity index is 931. The first-order chi connectivity index (χ1) is 12.0. The fourth-order valence-corrected chi connectivity index (χ4v) is 2.87. The molecule has 0 saturated carbocycles. The number of aryl methyl sites for hydroxylation is 3. The van der Waals surface area contributed by atoms with Crippen LogP contribution in [-0.4, -0.2) is 27.8 Å². The van der Waals surface area contributed by atoms with Crippen LogP contribution in [-0.2, 0) is 6.54 Å². The van der Waals surface area contributed by atoms with Gasteiger partial charge in [0.25, 0.3) is 5.91 Å². The minimum atomic E-state index is -0.169. The third-order valence-corrected chi connectivity index (χ3v) is 3.97. The first-order valence-electron chi connectivity index (χ1n) is 8.33. The summed E-state index contributed by atoms with van der Waals surface area (Å²) in [5.41, 5.74) is 2.99. The monoisotopic (exact) mass is 338 g/mol. The van der Waals surface area contributed by atoms with Crippen molar-refractivity contribution in [1.29, 1.82) is 0 Å². The number of aromatic nitrogens is 3. The molecule has 6 nitrogen and oxygen atoms in total. The van der Waals surface area contributed by atoms with E-state index in [2.05, 4.69) is 22.3 Å². The van der Waals surface area contributed by atoms with Gasteiger partial charge in [-0.1, -0.05) is 6.92 Å². The van der Waals surface area contributed by atoms with Gasteiger partial charge in [0.1, 0.15) is 11.6 Å². The van der Waals surface area contributed by atoms with Crippen LogP contribution in [0.5, 0.6) is 5.75 Å². The van der Waals surface area contributed by atoms with Crippen molar-refractivity contribution in [1.82, 2.24) is 14.8 Å². The number of anilines is 1. The van der Waals surface area contributed by atoms with Crippen LogP contribution in [0.3, 0.4) is 0 Å². The summed E-state index contributed by atoms with van der Waals surface area (Å²) in [4.78, 5) is 17.4. The van der Waals surface area contributed by atoms with E-state index in [0.29, 0.717) is 17.1 Å². The van der Waals surface area contributed by atoms with Gasteiger partial charge in [-0.25, -0.2) is 4.68 Å². The van der Waals surface area contributed by atoms with Crippen LogP contribution in [0.1, 0.15) is 35.1 Å². The van der Waals surface area contributed by atoms with Crippen LogP contribution < -0.4 is 10.1 Å². The van der Waals surface area contributed by atoms with Gasteiger partial charge in [0, 0.05) is 29.8 Å². The number of methoxy groups -OCH3 is 1. The molecule has 2 aromatic heterocycles. The van der Waals surface area contributed by atoms with Crippen molar-refractivity contribution >= 4 is 22.6 Å². The van der Waals surface area contributed by atoms with Crippen molar-refractivity contribution in [3.8, 4) is 5.75 Å². The molecule has 2 heterocycles. The molecule has 3 aromatic rings. The lowest BCUT2D eigenvalue weighted by atomic mass is 10.1. The van der Waals surface area contributed by atoms with Crippen LogP contribution >= 0.6 is 0 Å². The number of benzene rings is 1. The van der Waals surface area contributed by atoms with E-state index in [9.17, 15) is 4.79 Å². The highest BCUT2D eigenvalue weighted by Crippen LogP contribution is 2.24. The Morgan fingerprint density at radius 1 is 1.20 bits per heavy atom. The molecule has 0 unspecified atom stereocenters. The van der Waals surface area contributed by atoms with Crippen molar-refractivity contribution in [2.45, 2.75) is 33.7 Å². The topological polar surface area (TPSA) is 69.0 Å². The number of carbonyl (C=O) groups excluding carboxylic acids is 1. The number of ether oxygens (including phenoxy) is 1. The molecule has 0 aliphatic heterocycles. The molecule has 1 amide bonds. The third-order valence-electron chi connectivity index (χ3n) is 3.97. The van der Waals surface area contributed by atoms with Gasteiger partial charge in [0.15, 0.2) is 0 Å². The van der Waals surface area contributed by atoms with Crippen LogP contribution in [0.4, 0.5) is 5.82 Å². The zero-order chi connectivity index (χ0) is 18.0. The van der Waals surface area contributed by atoms with E-state index in [1.807, 2.05) is 42.8 Å². The number of hydrogen-bond acceptors (Lipinski definition) is 4. The molecule has 130 valence electrons. The Labute approximate surface area is 146 Å². The van der Waals surface area contributed by atoms with E-state index in [4.69, 9.17) is 4.74 Å². The number of carbonyl (C=O) groups is 1. The maximum atomic E-state index is 12.9. The lowest BCUT2D eigenvalue weighted by Gasteiger charge is -2.11. The van der Waals surface area contributed by atoms with Gasteiger partial charge in [-0.3, -0.25) is 9.78 Å². The summed E-state index contributed by atoms with van der Waals surface area (Å²) in [5.74, 6) is 1.26. The second-order valence-electron chi connectivity index (χ2n) is 6.04. The molecule has 0 spiro atoms. The van der Waals surface area contributed by atoms with Gasteiger partial charge in [0.2, 0.25) is 0 Å². The highest BCUT2D eigenvalue weighted by Gasteiger charge is 2.15. The molecule has 1 N–H and O–H groups in total. The molecular formula is C19H22N4O2. The summed E-state index contributed by atoms with van der Waals surface area (Å²) in [6.45, 7) is 6.63. The summed E-state index contributed by atoms with van der Waals surface area (Å²) in [6.07, 6.45) is 0.946. The molecule has 0 fully saturated rings. The molecule has 6 heteroatoms. The fourth-order valence-electron chi connectivity index (χ4n) is 2.87. The Kier molecular flexibility index (Phi) is 4.70. The first-order valence-corrected chi connectivity index (χ1v) is 8.33. The van der Waals surface area contributed by atoms with E-state index in [1.165, 1.54) is 0 Å². The van der Waals surface area contributed by atoms with Gasteiger partial charge in [0.05, 0.1) is 23.9 Å². The number of nitrogens with one attached hydrogen (secondary N) is 1. The smallest absolute Gasteiger partial charge is 0.257 e. The lowest BCUT2D eigenvalue weighted by Crippen LogP contribution is -2.16. The largest absolute Gasteiger partial charge is 0.497 e. The van der Waals surface area contributed by atoms with E-state index in [0.717, 1.165) is 35.3 Å². The average Bonchev–Trinajstić information content (AvgIpc) is 2.92. The Morgan fingerprint density at radius 3 is 2.72 bits per heavy atom. The number of pyridine rings is 1. The maximum Gasteiger partial charge on any atom is 0.257 e. The number of amides is 1. The third kappa shape index (κ3) is 3.47. The molecular weight excluding hydrogens is 316 g/mol. The van der Waals surface area contributed by atoms with Crippen LogP contribution in [0.15, 0.2) is 30.3 Å². The quantitative estimate of drug-likeness (QED) is 0.770. The molecule has 0 radical (unpaired) electrons. The summed E-state index contributed by atoms with van der Waals surface area (Å²) >= 11 is 0. The molecule has 1 aromatic carbocycles. The van der Waals surface area contributed by atoms with E-state index in [-0.39, 0.29) is 5.91 Å². The number of nitrogens with zero attached hydrogens (tertiary/aromatic N) is 3. The standard InChI is InChI=1S/C19H22N4O2/c1-5-8-23-18(10-13(3)22-23)21-19(24)16-9-12(2)20-17-11-14(25-4)6-7-15(16)17/h6-7,9-11H,5,8H2,1-4H3,(H,21,24). The van der Waals surface area contributed by atoms with Gasteiger partial charge < -0.3 is 10.1 Å². The number of hydrogen-bond donors (Lipinski definition) is 1. The Morgan fingerprint density at radius 2 is 2.00 bits per heavy atom. The molecule has 0 saturated heterocycles. The molecule has 0 aliphatic rings. The van der Waals surface area contributed by atoms with Gasteiger partial charge in [-0.2, -0.15) is 5.10 Å². The molecule has 0 aliphatic carbocycles. The maximum absolute atomic E-state index is 12.9. The normalized spacial score (nSPS) is 10.9. The lowest BCUT2D eigenvalue weighted by molar-refractivity contribution is 0.102. The summed E-state index contributed by atoms with van der Waals surface area (Å²) in [6, 6.07) is 9.22. The van der Waals surface area contributed by atoms with E-state index < -0.39 is 0 Å². The minimum absolute atomic E-state index is 0.169. The fraction of sp³-hybridized carbons (Fsp3) is 0.316. The number of fused-ring (bicyclic) bond motifs is 1. The second-order valence-corrected chi connectivity index (χ2v) is 6.04. The van der Waals surface area contributed by atoms with Crippen LogP contribution in [0.25, 0.3) is 10.9 Å². The van der Waals surface area contributed by atoms with Crippen molar-refractivity contribution < 1.29 is 9.53 Å². The minimum Gasteiger partial charge on any atom is -0.497 e. The molecule has 0 bridgehead atoms. The highest BCUT2D eigenvalue weighted by atomic mass is 16.5. The summed E-state index contributed by atoms with van der Waals surface area (Å²) < 4.78 is 7.08. The number of rotatable bonds is 5. The SMILES string of the molecule is CCCn1nc(C)cc1NC(=O)c1cc(C)nc2cc(OC)ccc12. The molecule has 25 heavy (non-hydrogen) atoms. The van der Waals surface area contributed by atoms with Gasteiger partial charge in [-0.05, 0) is 38.5 Å². The summed E-state index contributed by atoms with van der Waals surface area (Å²) in [5, 5.41) is 8.20.